The van der Waals surface area contributed by atoms with Crippen molar-refractivity contribution in [2.75, 3.05) is 39.3 Å². The Bertz CT molecular complexity index is 1020. The molecule has 1 fully saturated rings. The van der Waals surface area contributed by atoms with Crippen LogP contribution >= 0.6 is 0 Å². The Kier molecular flexibility index (Phi) is 8.83. The Morgan fingerprint density at radius 2 is 1.71 bits per heavy atom. The van der Waals surface area contributed by atoms with Crippen LogP contribution in [0.4, 0.5) is 17.6 Å². The van der Waals surface area contributed by atoms with Crippen molar-refractivity contribution in [3.63, 3.8) is 0 Å². The summed E-state index contributed by atoms with van der Waals surface area (Å²) in [5.74, 6) is 8.97. The normalized spacial score (nSPS) is 21.2. The van der Waals surface area contributed by atoms with Gasteiger partial charge in [-0.3, -0.25) is 16.6 Å². The van der Waals surface area contributed by atoms with Crippen LogP contribution in [-0.2, 0) is 5.60 Å². The smallest absolute Gasteiger partial charge is 0.132 e. The summed E-state index contributed by atoms with van der Waals surface area (Å²) in [5, 5.41) is 14.6. The van der Waals surface area contributed by atoms with Gasteiger partial charge in [0.2, 0.25) is 0 Å². The van der Waals surface area contributed by atoms with E-state index in [0.717, 1.165) is 18.2 Å². The van der Waals surface area contributed by atoms with E-state index in [2.05, 4.69) is 0 Å². The molecule has 35 heavy (non-hydrogen) atoms. The number of halogens is 4. The van der Waals surface area contributed by atoms with Crippen molar-refractivity contribution in [3.8, 4) is 0 Å². The first-order valence-electron chi connectivity index (χ1n) is 11.3. The fourth-order valence-electron chi connectivity index (χ4n) is 4.64. The molecule has 2 unspecified atom stereocenters. The molecule has 2 aromatic rings. The zero-order valence-electron chi connectivity index (χ0n) is 19.5. The maximum absolute atomic E-state index is 14.9. The average molecular weight is 500 g/mol. The van der Waals surface area contributed by atoms with E-state index < -0.39 is 47.0 Å². The van der Waals surface area contributed by atoms with Gasteiger partial charge in [-0.05, 0) is 19.1 Å². The van der Waals surface area contributed by atoms with Gasteiger partial charge in [-0.2, -0.15) is 0 Å². The van der Waals surface area contributed by atoms with Crippen LogP contribution in [0, 0.1) is 23.3 Å². The second-order valence-corrected chi connectivity index (χ2v) is 8.98. The van der Waals surface area contributed by atoms with Gasteiger partial charge in [0.05, 0.1) is 12.1 Å². The van der Waals surface area contributed by atoms with E-state index in [-0.39, 0.29) is 37.3 Å². The largest absolute Gasteiger partial charge is 0.382 e. The number of benzene rings is 2. The molecule has 1 saturated heterocycles. The standard InChI is InChI=1S/C23H33F4N7O/c1-14(23(35,13-33(30)7-6-28)18-5-3-16(25)11-20(18)27)32-8-9-34(31)21(12-32)22(29)17-4-2-15(24)10-19(17)26/h2-5,10-11,14,21-22,35H,6-9,12-13,28-31H2,1H3/t14?,21-,22?,23-/m1/s1. The first-order chi connectivity index (χ1) is 16.5. The number of nitrogens with two attached hydrogens (primary N) is 4. The number of piperazine rings is 1. The van der Waals surface area contributed by atoms with Gasteiger partial charge < -0.3 is 16.6 Å². The molecule has 9 N–H and O–H groups in total. The molecule has 0 radical (unpaired) electrons. The van der Waals surface area contributed by atoms with Gasteiger partial charge in [-0.15, -0.1) is 0 Å². The summed E-state index contributed by atoms with van der Waals surface area (Å²) in [6.07, 6.45) is 0. The monoisotopic (exact) mass is 499 g/mol. The number of hydrogen-bond acceptors (Lipinski definition) is 8. The van der Waals surface area contributed by atoms with Crippen molar-refractivity contribution >= 4 is 0 Å². The lowest BCUT2D eigenvalue weighted by molar-refractivity contribution is -0.0889. The van der Waals surface area contributed by atoms with Crippen LogP contribution in [0.3, 0.4) is 0 Å². The summed E-state index contributed by atoms with van der Waals surface area (Å²) in [7, 11) is 0. The van der Waals surface area contributed by atoms with Crippen LogP contribution < -0.4 is 23.2 Å². The third-order valence-electron chi connectivity index (χ3n) is 6.73. The fourth-order valence-corrected chi connectivity index (χ4v) is 4.64. The molecule has 0 bridgehead atoms. The summed E-state index contributed by atoms with van der Waals surface area (Å²) in [6.45, 7) is 2.79. The van der Waals surface area contributed by atoms with Gasteiger partial charge in [0.15, 0.2) is 0 Å². The Morgan fingerprint density at radius 3 is 2.31 bits per heavy atom. The minimum atomic E-state index is -1.87. The van der Waals surface area contributed by atoms with E-state index in [4.69, 9.17) is 23.2 Å². The molecule has 12 heteroatoms. The van der Waals surface area contributed by atoms with E-state index in [1.165, 1.54) is 22.2 Å². The van der Waals surface area contributed by atoms with Gasteiger partial charge in [0.1, 0.15) is 28.9 Å². The molecule has 4 atom stereocenters. The molecule has 2 aromatic carbocycles. The first-order valence-corrected chi connectivity index (χ1v) is 11.3. The Hall–Kier alpha value is -2.16. The lowest BCUT2D eigenvalue weighted by Gasteiger charge is -2.48. The molecule has 8 nitrogen and oxygen atoms in total. The van der Waals surface area contributed by atoms with Gasteiger partial charge in [0, 0.05) is 68.6 Å². The van der Waals surface area contributed by atoms with Crippen LogP contribution in [0.25, 0.3) is 0 Å². The second-order valence-electron chi connectivity index (χ2n) is 8.98. The zero-order valence-corrected chi connectivity index (χ0v) is 19.5. The van der Waals surface area contributed by atoms with E-state index >= 15 is 0 Å². The molecule has 1 aliphatic heterocycles. The van der Waals surface area contributed by atoms with Crippen molar-refractivity contribution in [1.29, 1.82) is 0 Å². The Balaban J connectivity index is 1.92. The highest BCUT2D eigenvalue weighted by Crippen LogP contribution is 2.34. The number of hydrazine groups is 2. The molecule has 1 heterocycles. The third-order valence-corrected chi connectivity index (χ3v) is 6.73. The summed E-state index contributed by atoms with van der Waals surface area (Å²) in [5.41, 5.74) is 10.0. The van der Waals surface area contributed by atoms with E-state index in [0.29, 0.717) is 19.2 Å². The van der Waals surface area contributed by atoms with Gasteiger partial charge >= 0.3 is 0 Å². The molecule has 0 aromatic heterocycles. The van der Waals surface area contributed by atoms with Crippen LogP contribution in [0.15, 0.2) is 36.4 Å². The summed E-state index contributed by atoms with van der Waals surface area (Å²) in [4.78, 5) is 1.84. The van der Waals surface area contributed by atoms with Crippen molar-refractivity contribution in [2.45, 2.75) is 30.7 Å². The summed E-state index contributed by atoms with van der Waals surface area (Å²) < 4.78 is 56.2. The zero-order chi connectivity index (χ0) is 25.9. The van der Waals surface area contributed by atoms with Gasteiger partial charge in [0.25, 0.3) is 0 Å². The highest BCUT2D eigenvalue weighted by Gasteiger charge is 2.44. The van der Waals surface area contributed by atoms with E-state index in [9.17, 15) is 22.7 Å². The average Bonchev–Trinajstić information content (AvgIpc) is 2.78. The van der Waals surface area contributed by atoms with Crippen LogP contribution in [-0.4, -0.2) is 71.4 Å². The number of hydrogen-bond donors (Lipinski definition) is 5. The molecule has 0 amide bonds. The summed E-state index contributed by atoms with van der Waals surface area (Å²) in [6, 6.07) is 3.84. The molecule has 3 rings (SSSR count). The first kappa shape index (κ1) is 27.4. The highest BCUT2D eigenvalue weighted by atomic mass is 19.1. The van der Waals surface area contributed by atoms with E-state index in [1.54, 1.807) is 6.92 Å². The predicted molar refractivity (Wildman–Crippen MR) is 124 cm³/mol. The molecule has 194 valence electrons. The number of aliphatic hydroxyl groups is 1. The van der Waals surface area contributed by atoms with Crippen LogP contribution in [0.5, 0.6) is 0 Å². The molecular weight excluding hydrogens is 466 g/mol. The molecule has 0 spiro atoms. The van der Waals surface area contributed by atoms with Gasteiger partial charge in [-0.1, -0.05) is 12.1 Å². The Labute approximate surface area is 202 Å². The predicted octanol–water partition coefficient (Wildman–Crippen LogP) is 0.513. The highest BCUT2D eigenvalue weighted by molar-refractivity contribution is 5.28. The fraction of sp³-hybridized carbons (Fsp3) is 0.478. The van der Waals surface area contributed by atoms with Crippen molar-refractivity contribution in [3.05, 3.63) is 70.8 Å². The van der Waals surface area contributed by atoms with Crippen LogP contribution in [0.1, 0.15) is 24.1 Å². The number of rotatable bonds is 9. The summed E-state index contributed by atoms with van der Waals surface area (Å²) >= 11 is 0. The molecular formula is C23H33F4N7O. The number of nitrogens with zero attached hydrogens (tertiary/aromatic N) is 3. The van der Waals surface area contributed by atoms with Crippen molar-refractivity contribution in [1.82, 2.24) is 14.9 Å². The lowest BCUT2D eigenvalue weighted by atomic mass is 9.84. The molecule has 1 aliphatic rings. The maximum Gasteiger partial charge on any atom is 0.132 e. The quantitative estimate of drug-likeness (QED) is 0.192. The molecule has 0 aliphatic carbocycles. The third kappa shape index (κ3) is 5.98. The van der Waals surface area contributed by atoms with Crippen LogP contribution in [0.2, 0.25) is 0 Å². The molecule has 0 saturated carbocycles. The lowest BCUT2D eigenvalue weighted by Crippen LogP contribution is -2.65. The Morgan fingerprint density at radius 1 is 1.09 bits per heavy atom. The minimum Gasteiger partial charge on any atom is -0.382 e. The SMILES string of the molecule is CC(N1CCN(N)[C@@H](C(N)c2ccc(F)cc2F)C1)[C@](O)(CN(N)CCN)c1ccc(F)cc1F. The van der Waals surface area contributed by atoms with Gasteiger partial charge in [-0.25, -0.2) is 27.6 Å². The minimum absolute atomic E-state index is 0.0947. The van der Waals surface area contributed by atoms with Crippen molar-refractivity contribution in [2.24, 2.45) is 23.2 Å². The maximum atomic E-state index is 14.9. The van der Waals surface area contributed by atoms with E-state index in [1.807, 2.05) is 4.90 Å². The van der Waals surface area contributed by atoms with Crippen molar-refractivity contribution < 1.29 is 22.7 Å². The topological polar surface area (TPSA) is 134 Å². The second kappa shape index (κ2) is 11.3.